The number of nitrogens with two attached hydrogens (primary N) is 1. The van der Waals surface area contributed by atoms with Crippen molar-refractivity contribution in [2.75, 3.05) is 18.0 Å². The van der Waals surface area contributed by atoms with Crippen LogP contribution in [0.3, 0.4) is 0 Å². The topological polar surface area (TPSA) is 93.2 Å². The minimum Gasteiger partial charge on any atom is -0.355 e. The van der Waals surface area contributed by atoms with Crippen molar-refractivity contribution in [3.63, 3.8) is 0 Å². The Labute approximate surface area is 167 Å². The highest BCUT2D eigenvalue weighted by Gasteiger charge is 2.28. The van der Waals surface area contributed by atoms with Gasteiger partial charge < -0.3 is 10.6 Å². The van der Waals surface area contributed by atoms with Crippen molar-refractivity contribution in [3.8, 4) is 0 Å². The van der Waals surface area contributed by atoms with Crippen LogP contribution < -0.4 is 10.6 Å². The summed E-state index contributed by atoms with van der Waals surface area (Å²) in [6.45, 7) is 4.50. The Morgan fingerprint density at radius 1 is 1.11 bits per heavy atom. The zero-order valence-corrected chi connectivity index (χ0v) is 16.5. The van der Waals surface area contributed by atoms with Gasteiger partial charge in [0, 0.05) is 24.0 Å². The van der Waals surface area contributed by atoms with Crippen molar-refractivity contribution >= 4 is 33.5 Å². The molecule has 142 valence electrons. The fraction of sp³-hybridized carbons (Fsp3) is 0.350. The van der Waals surface area contributed by atoms with Gasteiger partial charge in [-0.1, -0.05) is 18.2 Å². The van der Waals surface area contributed by atoms with E-state index in [0.717, 1.165) is 64.1 Å². The molecule has 28 heavy (non-hydrogen) atoms. The number of piperidine rings is 1. The van der Waals surface area contributed by atoms with Crippen molar-refractivity contribution in [2.24, 2.45) is 10.7 Å². The number of anilines is 1. The van der Waals surface area contributed by atoms with Gasteiger partial charge in [-0.15, -0.1) is 0 Å². The quantitative estimate of drug-likeness (QED) is 0.671. The maximum absolute atomic E-state index is 6.25. The Kier molecular flexibility index (Phi) is 4.25. The third-order valence-electron chi connectivity index (χ3n) is 5.34. The van der Waals surface area contributed by atoms with E-state index in [2.05, 4.69) is 26.8 Å². The van der Waals surface area contributed by atoms with Crippen molar-refractivity contribution in [2.45, 2.75) is 36.9 Å². The SMILES string of the molecule is CC1(N)CCN(c2cnc3c(n2)CN=C3Sc2ncnc3ccccc23)CC1. The highest BCUT2D eigenvalue weighted by atomic mass is 32.2. The molecule has 0 radical (unpaired) electrons. The molecule has 2 aliphatic heterocycles. The molecule has 0 amide bonds. The van der Waals surface area contributed by atoms with E-state index in [9.17, 15) is 0 Å². The molecule has 0 spiro atoms. The maximum Gasteiger partial charge on any atom is 0.147 e. The van der Waals surface area contributed by atoms with Crippen LogP contribution in [0.5, 0.6) is 0 Å². The summed E-state index contributed by atoms with van der Waals surface area (Å²) >= 11 is 1.53. The Hall–Kier alpha value is -2.58. The van der Waals surface area contributed by atoms with Crippen LogP contribution in [0, 0.1) is 0 Å². The standard InChI is InChI=1S/C20H21N7S/c1-20(21)6-8-27(9-7-20)16-11-22-17-15(26-16)10-23-19(17)28-18-13-4-2-3-5-14(13)24-12-25-18/h2-5,11-12H,6-10,21H2,1H3. The van der Waals surface area contributed by atoms with Crippen LogP contribution in [0.2, 0.25) is 0 Å². The first kappa shape index (κ1) is 17.5. The lowest BCUT2D eigenvalue weighted by Crippen LogP contribution is -2.48. The Balaban J connectivity index is 1.38. The van der Waals surface area contributed by atoms with E-state index in [4.69, 9.17) is 15.7 Å². The molecule has 0 atom stereocenters. The largest absolute Gasteiger partial charge is 0.355 e. The van der Waals surface area contributed by atoms with Crippen LogP contribution in [0.1, 0.15) is 31.2 Å². The van der Waals surface area contributed by atoms with Crippen LogP contribution in [-0.4, -0.2) is 43.6 Å². The molecule has 0 aliphatic carbocycles. The normalized spacial score (nSPS) is 18.2. The lowest BCUT2D eigenvalue weighted by atomic mass is 9.91. The Bertz CT molecular complexity index is 1060. The molecule has 4 heterocycles. The van der Waals surface area contributed by atoms with Gasteiger partial charge in [-0.05, 0) is 37.6 Å². The van der Waals surface area contributed by atoms with E-state index in [1.165, 1.54) is 11.8 Å². The van der Waals surface area contributed by atoms with E-state index < -0.39 is 0 Å². The third kappa shape index (κ3) is 3.22. The van der Waals surface area contributed by atoms with Crippen LogP contribution in [0.4, 0.5) is 5.82 Å². The van der Waals surface area contributed by atoms with E-state index in [1.807, 2.05) is 30.5 Å². The summed E-state index contributed by atoms with van der Waals surface area (Å²) in [6.07, 6.45) is 5.38. The summed E-state index contributed by atoms with van der Waals surface area (Å²) in [5.74, 6) is 0.920. The molecule has 1 fully saturated rings. The number of hydrogen-bond acceptors (Lipinski definition) is 8. The monoisotopic (exact) mass is 391 g/mol. The summed E-state index contributed by atoms with van der Waals surface area (Å²) in [4.78, 5) is 25.3. The summed E-state index contributed by atoms with van der Waals surface area (Å²) in [5, 5.41) is 2.78. The van der Waals surface area contributed by atoms with E-state index in [-0.39, 0.29) is 5.54 Å². The number of nitrogens with zero attached hydrogens (tertiary/aromatic N) is 6. The molecule has 5 rings (SSSR count). The summed E-state index contributed by atoms with van der Waals surface area (Å²) in [6, 6.07) is 8.00. The van der Waals surface area contributed by atoms with E-state index in [1.54, 1.807) is 6.33 Å². The number of hydrogen-bond donors (Lipinski definition) is 1. The molecule has 3 aromatic rings. The molecule has 0 saturated carbocycles. The fourth-order valence-electron chi connectivity index (χ4n) is 3.56. The maximum atomic E-state index is 6.25. The van der Waals surface area contributed by atoms with Gasteiger partial charge in [0.15, 0.2) is 0 Å². The van der Waals surface area contributed by atoms with Crippen molar-refractivity contribution in [3.05, 3.63) is 48.2 Å². The lowest BCUT2D eigenvalue weighted by Gasteiger charge is -2.37. The highest BCUT2D eigenvalue weighted by molar-refractivity contribution is 8.14. The zero-order valence-electron chi connectivity index (χ0n) is 15.7. The van der Waals surface area contributed by atoms with Crippen molar-refractivity contribution < 1.29 is 0 Å². The minimum absolute atomic E-state index is 0.0755. The van der Waals surface area contributed by atoms with Gasteiger partial charge in [-0.2, -0.15) is 0 Å². The zero-order chi connectivity index (χ0) is 19.1. The van der Waals surface area contributed by atoms with Gasteiger partial charge in [-0.25, -0.2) is 19.9 Å². The lowest BCUT2D eigenvalue weighted by molar-refractivity contribution is 0.363. The molecule has 0 bridgehead atoms. The van der Waals surface area contributed by atoms with Crippen molar-refractivity contribution in [1.29, 1.82) is 0 Å². The van der Waals surface area contributed by atoms with Crippen molar-refractivity contribution in [1.82, 2.24) is 19.9 Å². The molecule has 0 unspecified atom stereocenters. The molecule has 2 aromatic heterocycles. The van der Waals surface area contributed by atoms with Gasteiger partial charge >= 0.3 is 0 Å². The predicted molar refractivity (Wildman–Crippen MR) is 112 cm³/mol. The average molecular weight is 392 g/mol. The molecule has 2 aliphatic rings. The molecule has 2 N–H and O–H groups in total. The van der Waals surface area contributed by atoms with Crippen LogP contribution in [-0.2, 0) is 6.54 Å². The fourth-order valence-corrected chi connectivity index (χ4v) is 4.52. The molecular formula is C20H21N7S. The Morgan fingerprint density at radius 3 is 2.79 bits per heavy atom. The van der Waals surface area contributed by atoms with E-state index in [0.29, 0.717) is 6.54 Å². The summed E-state index contributed by atoms with van der Waals surface area (Å²) in [7, 11) is 0. The number of benzene rings is 1. The number of rotatable bonds is 2. The second-order valence-electron chi connectivity index (χ2n) is 7.58. The molecule has 1 saturated heterocycles. The second-order valence-corrected chi connectivity index (χ2v) is 8.56. The van der Waals surface area contributed by atoms with Crippen LogP contribution >= 0.6 is 11.8 Å². The average Bonchev–Trinajstić information content (AvgIpc) is 3.10. The number of aromatic nitrogens is 4. The summed E-state index contributed by atoms with van der Waals surface area (Å²) in [5.41, 5.74) is 8.89. The van der Waals surface area contributed by atoms with Gasteiger partial charge in [0.2, 0.25) is 0 Å². The smallest absolute Gasteiger partial charge is 0.147 e. The first-order valence-corrected chi connectivity index (χ1v) is 10.2. The van der Waals surface area contributed by atoms with Gasteiger partial charge in [0.25, 0.3) is 0 Å². The minimum atomic E-state index is -0.0755. The number of fused-ring (bicyclic) bond motifs is 2. The second kappa shape index (κ2) is 6.79. The summed E-state index contributed by atoms with van der Waals surface area (Å²) < 4.78 is 0. The number of aliphatic imine (C=N–C) groups is 1. The third-order valence-corrected chi connectivity index (χ3v) is 6.37. The first-order valence-electron chi connectivity index (χ1n) is 9.41. The van der Waals surface area contributed by atoms with Gasteiger partial charge in [0.1, 0.15) is 27.9 Å². The first-order chi connectivity index (χ1) is 13.6. The van der Waals surface area contributed by atoms with Crippen LogP contribution in [0.25, 0.3) is 10.9 Å². The van der Waals surface area contributed by atoms with E-state index >= 15 is 0 Å². The highest BCUT2D eigenvalue weighted by Crippen LogP contribution is 2.32. The molecular weight excluding hydrogens is 370 g/mol. The number of para-hydroxylation sites is 1. The van der Waals surface area contributed by atoms with Gasteiger partial charge in [-0.3, -0.25) is 4.99 Å². The van der Waals surface area contributed by atoms with Crippen LogP contribution in [0.15, 0.2) is 46.8 Å². The molecule has 8 heteroatoms. The molecule has 1 aromatic carbocycles. The Morgan fingerprint density at radius 2 is 1.93 bits per heavy atom. The number of thioether (sulfide) groups is 1. The predicted octanol–water partition coefficient (Wildman–Crippen LogP) is 2.79. The van der Waals surface area contributed by atoms with Gasteiger partial charge in [0.05, 0.1) is 24.0 Å². The molecule has 7 nitrogen and oxygen atoms in total.